The van der Waals surface area contributed by atoms with Crippen LogP contribution in [0.5, 0.6) is 0 Å². The molecule has 1 amide bonds. The van der Waals surface area contributed by atoms with Crippen molar-refractivity contribution in [3.05, 3.63) is 63.2 Å². The van der Waals surface area contributed by atoms with Crippen molar-refractivity contribution in [2.45, 2.75) is 32.3 Å². The number of amides is 1. The Hall–Kier alpha value is -3.42. The second-order valence-corrected chi connectivity index (χ2v) is 6.40. The topological polar surface area (TPSA) is 125 Å². The first kappa shape index (κ1) is 18.4. The number of nitro benzene ring substituents is 1. The summed E-state index contributed by atoms with van der Waals surface area (Å²) in [5.74, 6) is -1.29. The highest BCUT2D eigenvalue weighted by molar-refractivity contribution is 5.99. The SMILES string of the molecule is C[C@H](OC(=O)c1ccc([N+](=O)[O-])cc1N)C(=O)Nc1ccc2c(c1)CCC2. The second-order valence-electron chi connectivity index (χ2n) is 6.40. The van der Waals surface area contributed by atoms with E-state index in [9.17, 15) is 19.7 Å². The third-order valence-electron chi connectivity index (χ3n) is 4.48. The molecule has 3 rings (SSSR count). The Morgan fingerprint density at radius 1 is 1.19 bits per heavy atom. The van der Waals surface area contributed by atoms with Gasteiger partial charge in [-0.3, -0.25) is 14.9 Å². The number of esters is 1. The molecule has 8 nitrogen and oxygen atoms in total. The normalized spacial score (nSPS) is 13.5. The Balaban J connectivity index is 1.64. The summed E-state index contributed by atoms with van der Waals surface area (Å²) in [5.41, 5.74) is 8.50. The molecule has 0 spiro atoms. The van der Waals surface area contributed by atoms with Gasteiger partial charge in [0.05, 0.1) is 16.2 Å². The summed E-state index contributed by atoms with van der Waals surface area (Å²) in [6, 6.07) is 9.19. The maximum Gasteiger partial charge on any atom is 0.341 e. The van der Waals surface area contributed by atoms with Crippen LogP contribution in [0.2, 0.25) is 0 Å². The van der Waals surface area contributed by atoms with Crippen LogP contribution in [0.15, 0.2) is 36.4 Å². The first-order valence-corrected chi connectivity index (χ1v) is 8.52. The minimum absolute atomic E-state index is 0.0298. The number of aryl methyl sites for hydroxylation is 2. The number of rotatable bonds is 5. The fourth-order valence-corrected chi connectivity index (χ4v) is 3.02. The van der Waals surface area contributed by atoms with Crippen LogP contribution >= 0.6 is 0 Å². The zero-order chi connectivity index (χ0) is 19.6. The van der Waals surface area contributed by atoms with E-state index >= 15 is 0 Å². The first-order chi connectivity index (χ1) is 12.8. The van der Waals surface area contributed by atoms with Gasteiger partial charge in [-0.25, -0.2) is 4.79 Å². The zero-order valence-electron chi connectivity index (χ0n) is 14.7. The van der Waals surface area contributed by atoms with Crippen molar-refractivity contribution in [1.82, 2.24) is 0 Å². The van der Waals surface area contributed by atoms with E-state index in [1.807, 2.05) is 18.2 Å². The number of anilines is 2. The second kappa shape index (κ2) is 7.45. The molecule has 1 atom stereocenters. The molecule has 2 aromatic rings. The predicted molar refractivity (Wildman–Crippen MR) is 99.5 cm³/mol. The number of ether oxygens (including phenoxy) is 1. The molecular weight excluding hydrogens is 350 g/mol. The number of nitrogens with two attached hydrogens (primary N) is 1. The lowest BCUT2D eigenvalue weighted by Gasteiger charge is -2.15. The molecular formula is C19H19N3O5. The van der Waals surface area contributed by atoms with Crippen molar-refractivity contribution in [1.29, 1.82) is 0 Å². The summed E-state index contributed by atoms with van der Waals surface area (Å²) in [7, 11) is 0. The van der Waals surface area contributed by atoms with Gasteiger partial charge in [-0.05, 0) is 55.5 Å². The highest BCUT2D eigenvalue weighted by atomic mass is 16.6. The standard InChI is InChI=1S/C19H19N3O5/c1-11(18(23)21-14-6-5-12-3-2-4-13(12)9-14)27-19(24)16-8-7-15(22(25)26)10-17(16)20/h5-11H,2-4,20H2,1H3,(H,21,23)/t11-/m0/s1. The molecule has 1 aliphatic rings. The summed E-state index contributed by atoms with van der Waals surface area (Å²) in [4.78, 5) is 34.6. The van der Waals surface area contributed by atoms with Gasteiger partial charge in [0, 0.05) is 17.8 Å². The maximum atomic E-state index is 12.3. The van der Waals surface area contributed by atoms with Crippen LogP contribution in [0, 0.1) is 10.1 Å². The summed E-state index contributed by atoms with van der Waals surface area (Å²) < 4.78 is 5.14. The van der Waals surface area contributed by atoms with Gasteiger partial charge in [-0.15, -0.1) is 0 Å². The van der Waals surface area contributed by atoms with Crippen LogP contribution in [-0.4, -0.2) is 22.9 Å². The smallest absolute Gasteiger partial charge is 0.341 e. The van der Waals surface area contributed by atoms with Crippen molar-refractivity contribution >= 4 is 28.9 Å². The number of nitro groups is 1. The van der Waals surface area contributed by atoms with E-state index in [2.05, 4.69) is 5.32 Å². The molecule has 0 radical (unpaired) electrons. The lowest BCUT2D eigenvalue weighted by molar-refractivity contribution is -0.384. The van der Waals surface area contributed by atoms with Crippen LogP contribution in [0.3, 0.4) is 0 Å². The Kier molecular flexibility index (Phi) is 5.07. The number of non-ortho nitro benzene ring substituents is 1. The van der Waals surface area contributed by atoms with Crippen LogP contribution in [-0.2, 0) is 22.4 Å². The Morgan fingerprint density at radius 3 is 2.63 bits per heavy atom. The van der Waals surface area contributed by atoms with Gasteiger partial charge >= 0.3 is 5.97 Å². The van der Waals surface area contributed by atoms with Gasteiger partial charge in [0.1, 0.15) is 0 Å². The molecule has 0 aliphatic heterocycles. The van der Waals surface area contributed by atoms with Gasteiger partial charge in [0.25, 0.3) is 11.6 Å². The number of fused-ring (bicyclic) bond motifs is 1. The largest absolute Gasteiger partial charge is 0.449 e. The number of carbonyl (C=O) groups excluding carboxylic acids is 2. The van der Waals surface area contributed by atoms with E-state index in [4.69, 9.17) is 10.5 Å². The molecule has 0 bridgehead atoms. The molecule has 0 fully saturated rings. The van der Waals surface area contributed by atoms with Crippen molar-refractivity contribution < 1.29 is 19.2 Å². The minimum atomic E-state index is -1.06. The third kappa shape index (κ3) is 4.05. The molecule has 8 heteroatoms. The van der Waals surface area contributed by atoms with Gasteiger partial charge in [-0.1, -0.05) is 6.07 Å². The Labute approximate surface area is 155 Å². The minimum Gasteiger partial charge on any atom is -0.449 e. The highest BCUT2D eigenvalue weighted by Crippen LogP contribution is 2.25. The molecule has 2 aromatic carbocycles. The summed E-state index contributed by atoms with van der Waals surface area (Å²) in [6.45, 7) is 1.45. The highest BCUT2D eigenvalue weighted by Gasteiger charge is 2.22. The maximum absolute atomic E-state index is 12.3. The van der Waals surface area contributed by atoms with E-state index in [0.717, 1.165) is 31.4 Å². The van der Waals surface area contributed by atoms with E-state index < -0.39 is 22.9 Å². The summed E-state index contributed by atoms with van der Waals surface area (Å²) >= 11 is 0. The monoisotopic (exact) mass is 369 g/mol. The van der Waals surface area contributed by atoms with Gasteiger partial charge < -0.3 is 15.8 Å². The van der Waals surface area contributed by atoms with E-state index in [1.54, 1.807) is 0 Å². The summed E-state index contributed by atoms with van der Waals surface area (Å²) in [5, 5.41) is 13.5. The molecule has 27 heavy (non-hydrogen) atoms. The van der Waals surface area contributed by atoms with Crippen LogP contribution in [0.4, 0.5) is 17.1 Å². The molecule has 3 N–H and O–H groups in total. The summed E-state index contributed by atoms with van der Waals surface area (Å²) in [6.07, 6.45) is 2.09. The number of hydrogen-bond donors (Lipinski definition) is 2. The van der Waals surface area contributed by atoms with Crippen molar-refractivity contribution in [3.63, 3.8) is 0 Å². The van der Waals surface area contributed by atoms with Crippen molar-refractivity contribution in [2.24, 2.45) is 0 Å². The number of nitrogens with one attached hydrogen (secondary N) is 1. The lowest BCUT2D eigenvalue weighted by Crippen LogP contribution is -2.30. The first-order valence-electron chi connectivity index (χ1n) is 8.52. The third-order valence-corrected chi connectivity index (χ3v) is 4.48. The van der Waals surface area contributed by atoms with Gasteiger partial charge in [0.2, 0.25) is 0 Å². The van der Waals surface area contributed by atoms with Crippen LogP contribution in [0.1, 0.15) is 34.8 Å². The predicted octanol–water partition coefficient (Wildman–Crippen LogP) is 2.85. The number of nitrogen functional groups attached to an aromatic ring is 1. The number of hydrogen-bond acceptors (Lipinski definition) is 6. The van der Waals surface area contributed by atoms with E-state index in [-0.39, 0.29) is 16.9 Å². The average molecular weight is 369 g/mol. The Bertz CT molecular complexity index is 926. The fourth-order valence-electron chi connectivity index (χ4n) is 3.02. The number of carbonyl (C=O) groups is 2. The van der Waals surface area contributed by atoms with E-state index in [1.165, 1.54) is 24.1 Å². The molecule has 0 saturated carbocycles. The molecule has 0 heterocycles. The fraction of sp³-hybridized carbons (Fsp3) is 0.263. The van der Waals surface area contributed by atoms with Crippen LogP contribution in [0.25, 0.3) is 0 Å². The van der Waals surface area contributed by atoms with Crippen molar-refractivity contribution in [2.75, 3.05) is 11.1 Å². The molecule has 140 valence electrons. The number of benzene rings is 2. The van der Waals surface area contributed by atoms with E-state index in [0.29, 0.717) is 5.69 Å². The molecule has 0 aromatic heterocycles. The van der Waals surface area contributed by atoms with Gasteiger partial charge in [0.15, 0.2) is 6.10 Å². The molecule has 0 unspecified atom stereocenters. The zero-order valence-corrected chi connectivity index (χ0v) is 14.7. The molecule has 1 aliphatic carbocycles. The number of nitrogens with zero attached hydrogens (tertiary/aromatic N) is 1. The lowest BCUT2D eigenvalue weighted by atomic mass is 10.1. The van der Waals surface area contributed by atoms with Crippen molar-refractivity contribution in [3.8, 4) is 0 Å². The molecule has 0 saturated heterocycles. The van der Waals surface area contributed by atoms with Gasteiger partial charge in [-0.2, -0.15) is 0 Å². The average Bonchev–Trinajstić information content (AvgIpc) is 3.09. The Morgan fingerprint density at radius 2 is 1.93 bits per heavy atom. The van der Waals surface area contributed by atoms with Crippen LogP contribution < -0.4 is 11.1 Å². The quantitative estimate of drug-likeness (QED) is 0.361.